The van der Waals surface area contributed by atoms with Crippen LogP contribution in [0.5, 0.6) is 0 Å². The monoisotopic (exact) mass is 291 g/mol. The topological polar surface area (TPSA) is 122 Å². The molecule has 0 aromatic rings. The summed E-state index contributed by atoms with van der Waals surface area (Å²) in [6.07, 6.45) is 0.399. The van der Waals surface area contributed by atoms with Crippen LogP contribution in [0.3, 0.4) is 0 Å². The second-order valence-corrected chi connectivity index (χ2v) is 4.90. The van der Waals surface area contributed by atoms with E-state index in [1.807, 2.05) is 13.8 Å². The van der Waals surface area contributed by atoms with Gasteiger partial charge in [-0.1, -0.05) is 13.8 Å². The number of carboxylic acid groups (broad SMARTS) is 1. The summed E-state index contributed by atoms with van der Waals surface area (Å²) >= 11 is 3.85. The van der Waals surface area contributed by atoms with Gasteiger partial charge in [-0.3, -0.25) is 9.59 Å². The normalized spacial score (nSPS) is 13.7. The summed E-state index contributed by atoms with van der Waals surface area (Å²) in [6.45, 7) is 3.56. The highest BCUT2D eigenvalue weighted by Gasteiger charge is 2.25. The lowest BCUT2D eigenvalue weighted by molar-refractivity contribution is -0.141. The van der Waals surface area contributed by atoms with Crippen molar-refractivity contribution >= 4 is 30.4 Å². The van der Waals surface area contributed by atoms with Crippen LogP contribution in [-0.2, 0) is 14.4 Å². The largest absolute Gasteiger partial charge is 0.480 e. The van der Waals surface area contributed by atoms with Crippen molar-refractivity contribution in [1.29, 1.82) is 0 Å². The van der Waals surface area contributed by atoms with Crippen molar-refractivity contribution in [2.75, 3.05) is 12.3 Å². The minimum Gasteiger partial charge on any atom is -0.480 e. The molecule has 19 heavy (non-hydrogen) atoms. The number of rotatable bonds is 8. The van der Waals surface area contributed by atoms with E-state index in [0.29, 0.717) is 6.42 Å². The van der Waals surface area contributed by atoms with Gasteiger partial charge < -0.3 is 21.5 Å². The molecule has 7 nitrogen and oxygen atoms in total. The number of hydrogen-bond donors (Lipinski definition) is 5. The second kappa shape index (κ2) is 8.76. The zero-order chi connectivity index (χ0) is 15.0. The van der Waals surface area contributed by atoms with Crippen molar-refractivity contribution in [3.05, 3.63) is 0 Å². The van der Waals surface area contributed by atoms with Gasteiger partial charge in [-0.2, -0.15) is 12.6 Å². The van der Waals surface area contributed by atoms with Crippen LogP contribution < -0.4 is 16.4 Å². The van der Waals surface area contributed by atoms with E-state index in [-0.39, 0.29) is 18.2 Å². The fraction of sp³-hybridized carbons (Fsp3) is 0.727. The molecule has 0 unspecified atom stereocenters. The molecule has 8 heteroatoms. The Bertz CT molecular complexity index is 336. The van der Waals surface area contributed by atoms with E-state index < -0.39 is 29.9 Å². The van der Waals surface area contributed by atoms with Crippen molar-refractivity contribution < 1.29 is 19.5 Å². The van der Waals surface area contributed by atoms with Crippen LogP contribution in [0.15, 0.2) is 0 Å². The zero-order valence-electron chi connectivity index (χ0n) is 11.0. The van der Waals surface area contributed by atoms with Crippen LogP contribution in [0.4, 0.5) is 0 Å². The van der Waals surface area contributed by atoms with Crippen molar-refractivity contribution in [1.82, 2.24) is 10.6 Å². The lowest BCUT2D eigenvalue weighted by Crippen LogP contribution is -2.53. The minimum atomic E-state index is -1.17. The first-order valence-corrected chi connectivity index (χ1v) is 6.58. The average Bonchev–Trinajstić information content (AvgIpc) is 2.33. The predicted octanol–water partition coefficient (Wildman–Crippen LogP) is -1.02. The summed E-state index contributed by atoms with van der Waals surface area (Å²) in [4.78, 5) is 34.0. The van der Waals surface area contributed by atoms with Gasteiger partial charge in [-0.05, 0) is 12.3 Å². The molecule has 0 fully saturated rings. The van der Waals surface area contributed by atoms with Crippen LogP contribution in [0.2, 0.25) is 0 Å². The SMILES string of the molecule is CC(C)C[C@H](NC(=O)CN)C(=O)N[C@@H](CS)C(=O)O. The summed E-state index contributed by atoms with van der Waals surface area (Å²) < 4.78 is 0. The number of carboxylic acids is 1. The van der Waals surface area contributed by atoms with E-state index in [9.17, 15) is 14.4 Å². The first-order valence-electron chi connectivity index (χ1n) is 5.95. The third-order valence-electron chi connectivity index (χ3n) is 2.34. The van der Waals surface area contributed by atoms with E-state index in [1.54, 1.807) is 0 Å². The van der Waals surface area contributed by atoms with Gasteiger partial charge in [-0.25, -0.2) is 4.79 Å². The molecular weight excluding hydrogens is 270 g/mol. The van der Waals surface area contributed by atoms with Gasteiger partial charge in [0.05, 0.1) is 6.54 Å². The molecule has 0 rings (SSSR count). The maximum atomic E-state index is 11.9. The fourth-order valence-electron chi connectivity index (χ4n) is 1.41. The van der Waals surface area contributed by atoms with Crippen molar-refractivity contribution in [2.45, 2.75) is 32.4 Å². The number of aliphatic carboxylic acids is 1. The molecule has 0 aromatic carbocycles. The van der Waals surface area contributed by atoms with Gasteiger partial charge in [0.1, 0.15) is 12.1 Å². The molecular formula is C11H21N3O4S. The average molecular weight is 291 g/mol. The van der Waals surface area contributed by atoms with Crippen molar-refractivity contribution in [3.63, 3.8) is 0 Å². The van der Waals surface area contributed by atoms with Gasteiger partial charge >= 0.3 is 5.97 Å². The Morgan fingerprint density at radius 1 is 1.21 bits per heavy atom. The number of thiol groups is 1. The maximum absolute atomic E-state index is 11.9. The molecule has 0 aliphatic rings. The molecule has 0 bridgehead atoms. The Kier molecular flexibility index (Phi) is 8.17. The number of nitrogens with two attached hydrogens (primary N) is 1. The second-order valence-electron chi connectivity index (χ2n) is 4.54. The van der Waals surface area contributed by atoms with Gasteiger partial charge in [0.15, 0.2) is 0 Å². The van der Waals surface area contributed by atoms with Gasteiger partial charge in [-0.15, -0.1) is 0 Å². The first kappa shape index (κ1) is 17.7. The van der Waals surface area contributed by atoms with Crippen LogP contribution in [0.1, 0.15) is 20.3 Å². The smallest absolute Gasteiger partial charge is 0.327 e. The maximum Gasteiger partial charge on any atom is 0.327 e. The highest BCUT2D eigenvalue weighted by Crippen LogP contribution is 2.05. The summed E-state index contributed by atoms with van der Waals surface area (Å²) in [5.74, 6) is -2.04. The predicted molar refractivity (Wildman–Crippen MR) is 73.9 cm³/mol. The molecule has 5 N–H and O–H groups in total. The zero-order valence-corrected chi connectivity index (χ0v) is 11.9. The lowest BCUT2D eigenvalue weighted by Gasteiger charge is -2.21. The Balaban J connectivity index is 4.69. The van der Waals surface area contributed by atoms with E-state index in [1.165, 1.54) is 0 Å². The Morgan fingerprint density at radius 3 is 2.16 bits per heavy atom. The van der Waals surface area contributed by atoms with Crippen molar-refractivity contribution in [3.8, 4) is 0 Å². The highest BCUT2D eigenvalue weighted by molar-refractivity contribution is 7.80. The van der Waals surface area contributed by atoms with E-state index in [0.717, 1.165) is 0 Å². The molecule has 2 amide bonds. The molecule has 0 aliphatic heterocycles. The third-order valence-corrected chi connectivity index (χ3v) is 2.71. The molecule has 0 aromatic heterocycles. The van der Waals surface area contributed by atoms with Crippen LogP contribution in [-0.4, -0.2) is 47.3 Å². The standard InChI is InChI=1S/C11H21N3O4S/c1-6(2)3-7(13-9(15)4-12)10(16)14-8(5-19)11(17)18/h6-8,19H,3-5,12H2,1-2H3,(H,13,15)(H,14,16)(H,17,18)/t7-,8-/m0/s1. The van der Waals surface area contributed by atoms with E-state index in [2.05, 4.69) is 23.3 Å². The van der Waals surface area contributed by atoms with Gasteiger partial charge in [0.2, 0.25) is 11.8 Å². The summed E-state index contributed by atoms with van der Waals surface area (Å²) in [5, 5.41) is 13.6. The number of nitrogens with one attached hydrogen (secondary N) is 2. The summed E-state index contributed by atoms with van der Waals surface area (Å²) in [7, 11) is 0. The van der Waals surface area contributed by atoms with Crippen molar-refractivity contribution in [2.24, 2.45) is 11.7 Å². The Morgan fingerprint density at radius 2 is 1.79 bits per heavy atom. The minimum absolute atomic E-state index is 0.0275. The first-order chi connectivity index (χ1) is 8.81. The molecule has 0 saturated heterocycles. The molecule has 0 spiro atoms. The molecule has 110 valence electrons. The van der Waals surface area contributed by atoms with Crippen LogP contribution in [0, 0.1) is 5.92 Å². The van der Waals surface area contributed by atoms with E-state index >= 15 is 0 Å². The number of hydrogen-bond acceptors (Lipinski definition) is 5. The van der Waals surface area contributed by atoms with Crippen LogP contribution >= 0.6 is 12.6 Å². The Labute approximate surface area is 117 Å². The highest BCUT2D eigenvalue weighted by atomic mass is 32.1. The van der Waals surface area contributed by atoms with Crippen LogP contribution in [0.25, 0.3) is 0 Å². The molecule has 0 heterocycles. The summed E-state index contributed by atoms with van der Waals surface area (Å²) in [5.41, 5.74) is 5.18. The third kappa shape index (κ3) is 7.02. The fourth-order valence-corrected chi connectivity index (χ4v) is 1.66. The Hall–Kier alpha value is -1.28. The number of carbonyl (C=O) groups excluding carboxylic acids is 2. The quantitative estimate of drug-likeness (QED) is 0.366. The van der Waals surface area contributed by atoms with Gasteiger partial charge in [0, 0.05) is 5.75 Å². The lowest BCUT2D eigenvalue weighted by atomic mass is 10.0. The number of carbonyl (C=O) groups is 3. The molecule has 0 saturated carbocycles. The molecule has 2 atom stereocenters. The summed E-state index contributed by atoms with van der Waals surface area (Å²) in [6, 6.07) is -1.88. The number of amides is 2. The molecule has 0 radical (unpaired) electrons. The molecule has 0 aliphatic carbocycles. The van der Waals surface area contributed by atoms with Gasteiger partial charge in [0.25, 0.3) is 0 Å². The van der Waals surface area contributed by atoms with E-state index in [4.69, 9.17) is 10.8 Å².